The van der Waals surface area contributed by atoms with Gasteiger partial charge in [-0.25, -0.2) is 4.98 Å². The molecular weight excluding hydrogens is 288 g/mol. The third kappa shape index (κ3) is 2.79. The van der Waals surface area contributed by atoms with Gasteiger partial charge in [-0.3, -0.25) is 0 Å². The number of rotatable bonds is 2. The lowest BCUT2D eigenvalue weighted by Crippen LogP contribution is -2.07. The minimum atomic E-state index is 0.168. The van der Waals surface area contributed by atoms with Gasteiger partial charge in [-0.05, 0) is 48.6 Å². The summed E-state index contributed by atoms with van der Waals surface area (Å²) >= 11 is 7.78. The first kappa shape index (κ1) is 10.1. The summed E-state index contributed by atoms with van der Waals surface area (Å²) in [5, 5.41) is 0.496. The van der Waals surface area contributed by atoms with E-state index >= 15 is 0 Å². The second-order valence-electron chi connectivity index (χ2n) is 2.59. The van der Waals surface area contributed by atoms with E-state index in [4.69, 9.17) is 16.3 Å². The van der Waals surface area contributed by atoms with Crippen LogP contribution in [0.25, 0.3) is 0 Å². The molecule has 0 aromatic carbocycles. The Hall–Kier alpha value is -0.0300. The quantitative estimate of drug-likeness (QED) is 0.618. The maximum absolute atomic E-state index is 5.68. The van der Waals surface area contributed by atoms with Gasteiger partial charge in [-0.2, -0.15) is 0 Å². The summed E-state index contributed by atoms with van der Waals surface area (Å²) < 4.78 is 6.27. The van der Waals surface area contributed by atoms with Crippen LogP contribution in [0.2, 0.25) is 5.15 Å². The van der Waals surface area contributed by atoms with Crippen molar-refractivity contribution in [3.05, 3.63) is 21.0 Å². The molecule has 1 heterocycles. The second kappa shape index (κ2) is 4.28. The molecular formula is C8H9ClINO. The predicted molar refractivity (Wildman–Crippen MR) is 57.7 cm³/mol. The van der Waals surface area contributed by atoms with Gasteiger partial charge in [0.15, 0.2) is 5.75 Å². The molecule has 1 aromatic heterocycles. The fourth-order valence-corrected chi connectivity index (χ4v) is 1.60. The molecule has 1 rings (SSSR count). The molecule has 0 atom stereocenters. The summed E-state index contributed by atoms with van der Waals surface area (Å²) in [6.07, 6.45) is 0.168. The maximum Gasteiger partial charge on any atom is 0.151 e. The van der Waals surface area contributed by atoms with Gasteiger partial charge in [0.2, 0.25) is 0 Å². The van der Waals surface area contributed by atoms with Crippen LogP contribution in [-0.4, -0.2) is 11.1 Å². The molecule has 4 heteroatoms. The smallest absolute Gasteiger partial charge is 0.151 e. The van der Waals surface area contributed by atoms with E-state index in [0.29, 0.717) is 5.15 Å². The van der Waals surface area contributed by atoms with Crippen molar-refractivity contribution >= 4 is 34.2 Å². The van der Waals surface area contributed by atoms with Crippen LogP contribution in [0.5, 0.6) is 5.75 Å². The summed E-state index contributed by atoms with van der Waals surface area (Å²) in [5.41, 5.74) is 0. The molecule has 0 aliphatic heterocycles. The van der Waals surface area contributed by atoms with E-state index in [1.807, 2.05) is 19.9 Å². The Morgan fingerprint density at radius 3 is 2.67 bits per heavy atom. The molecule has 0 aliphatic rings. The third-order valence-corrected chi connectivity index (χ3v) is 2.13. The van der Waals surface area contributed by atoms with Crippen LogP contribution >= 0.6 is 34.2 Å². The summed E-state index contributed by atoms with van der Waals surface area (Å²) in [6.45, 7) is 3.95. The van der Waals surface area contributed by atoms with Crippen LogP contribution in [-0.2, 0) is 0 Å². The Morgan fingerprint density at radius 1 is 1.50 bits per heavy atom. The minimum Gasteiger partial charge on any atom is -0.488 e. The SMILES string of the molecule is CC(C)Oc1ccc(Cl)nc1I. The van der Waals surface area contributed by atoms with Gasteiger partial charge >= 0.3 is 0 Å². The third-order valence-electron chi connectivity index (χ3n) is 1.14. The molecule has 0 unspecified atom stereocenters. The van der Waals surface area contributed by atoms with Crippen LogP contribution in [0.3, 0.4) is 0 Å². The van der Waals surface area contributed by atoms with E-state index in [1.165, 1.54) is 0 Å². The van der Waals surface area contributed by atoms with E-state index in [9.17, 15) is 0 Å². The number of nitrogens with zero attached hydrogens (tertiary/aromatic N) is 1. The van der Waals surface area contributed by atoms with Gasteiger partial charge in [0.1, 0.15) is 8.85 Å². The first-order valence-corrected chi connectivity index (χ1v) is 5.04. The zero-order valence-electron chi connectivity index (χ0n) is 6.84. The number of hydrogen-bond donors (Lipinski definition) is 0. The van der Waals surface area contributed by atoms with Crippen LogP contribution in [0.4, 0.5) is 0 Å². The number of aromatic nitrogens is 1. The summed E-state index contributed by atoms with van der Waals surface area (Å²) in [4.78, 5) is 4.05. The standard InChI is InChI=1S/C8H9ClINO/c1-5(2)12-6-3-4-7(9)11-8(6)10/h3-5H,1-2H3. The topological polar surface area (TPSA) is 22.1 Å². The van der Waals surface area contributed by atoms with E-state index in [-0.39, 0.29) is 6.10 Å². The molecule has 2 nitrogen and oxygen atoms in total. The average Bonchev–Trinajstić information content (AvgIpc) is 1.94. The Kier molecular flexibility index (Phi) is 3.58. The van der Waals surface area contributed by atoms with Gasteiger partial charge in [0.05, 0.1) is 6.10 Å². The monoisotopic (exact) mass is 297 g/mol. The highest BCUT2D eigenvalue weighted by Crippen LogP contribution is 2.21. The normalized spacial score (nSPS) is 10.4. The molecule has 0 aliphatic carbocycles. The summed E-state index contributed by atoms with van der Waals surface area (Å²) in [6, 6.07) is 3.55. The number of ether oxygens (including phenoxy) is 1. The van der Waals surface area contributed by atoms with Crippen molar-refractivity contribution in [1.82, 2.24) is 4.98 Å². The minimum absolute atomic E-state index is 0.168. The van der Waals surface area contributed by atoms with Crippen molar-refractivity contribution in [2.45, 2.75) is 20.0 Å². The average molecular weight is 298 g/mol. The van der Waals surface area contributed by atoms with Gasteiger partial charge in [-0.1, -0.05) is 11.6 Å². The van der Waals surface area contributed by atoms with E-state index in [0.717, 1.165) is 9.45 Å². The van der Waals surface area contributed by atoms with E-state index in [1.54, 1.807) is 6.07 Å². The molecule has 0 radical (unpaired) electrons. The number of pyridine rings is 1. The van der Waals surface area contributed by atoms with Crippen molar-refractivity contribution in [1.29, 1.82) is 0 Å². The Bertz CT molecular complexity index is 278. The number of hydrogen-bond acceptors (Lipinski definition) is 2. The van der Waals surface area contributed by atoms with Crippen molar-refractivity contribution in [3.8, 4) is 5.75 Å². The summed E-state index contributed by atoms with van der Waals surface area (Å²) in [5.74, 6) is 0.787. The van der Waals surface area contributed by atoms with Crippen LogP contribution in [0, 0.1) is 3.70 Å². The van der Waals surface area contributed by atoms with Gasteiger partial charge in [-0.15, -0.1) is 0 Å². The lowest BCUT2D eigenvalue weighted by atomic mass is 10.4. The van der Waals surface area contributed by atoms with Crippen molar-refractivity contribution < 1.29 is 4.74 Å². The lowest BCUT2D eigenvalue weighted by molar-refractivity contribution is 0.239. The van der Waals surface area contributed by atoms with E-state index < -0.39 is 0 Å². The molecule has 0 N–H and O–H groups in total. The van der Waals surface area contributed by atoms with Crippen LogP contribution in [0.15, 0.2) is 12.1 Å². The zero-order chi connectivity index (χ0) is 9.14. The van der Waals surface area contributed by atoms with Gasteiger partial charge in [0.25, 0.3) is 0 Å². The van der Waals surface area contributed by atoms with Gasteiger partial charge < -0.3 is 4.74 Å². The van der Waals surface area contributed by atoms with E-state index in [2.05, 4.69) is 27.6 Å². The first-order valence-electron chi connectivity index (χ1n) is 3.58. The van der Waals surface area contributed by atoms with Crippen LogP contribution in [0.1, 0.15) is 13.8 Å². The largest absolute Gasteiger partial charge is 0.488 e. The van der Waals surface area contributed by atoms with Crippen molar-refractivity contribution in [2.75, 3.05) is 0 Å². The molecule has 0 saturated carbocycles. The molecule has 1 aromatic rings. The molecule has 0 spiro atoms. The molecule has 12 heavy (non-hydrogen) atoms. The summed E-state index contributed by atoms with van der Waals surface area (Å²) in [7, 11) is 0. The highest BCUT2D eigenvalue weighted by atomic mass is 127. The Morgan fingerprint density at radius 2 is 2.17 bits per heavy atom. The predicted octanol–water partition coefficient (Wildman–Crippen LogP) is 3.13. The molecule has 66 valence electrons. The lowest BCUT2D eigenvalue weighted by Gasteiger charge is -2.10. The highest BCUT2D eigenvalue weighted by Gasteiger charge is 2.04. The first-order chi connectivity index (χ1) is 5.59. The zero-order valence-corrected chi connectivity index (χ0v) is 9.76. The second-order valence-corrected chi connectivity index (χ2v) is 4.00. The Labute approximate surface area is 90.4 Å². The molecule has 0 fully saturated rings. The molecule has 0 saturated heterocycles. The number of halogens is 2. The van der Waals surface area contributed by atoms with Crippen LogP contribution < -0.4 is 4.74 Å². The molecule has 0 bridgehead atoms. The van der Waals surface area contributed by atoms with Crippen molar-refractivity contribution in [2.24, 2.45) is 0 Å². The highest BCUT2D eigenvalue weighted by molar-refractivity contribution is 14.1. The molecule has 0 amide bonds. The van der Waals surface area contributed by atoms with Crippen molar-refractivity contribution in [3.63, 3.8) is 0 Å². The fourth-order valence-electron chi connectivity index (χ4n) is 0.741. The maximum atomic E-state index is 5.68. The fraction of sp³-hybridized carbons (Fsp3) is 0.375. The Balaban J connectivity index is 2.86. The van der Waals surface area contributed by atoms with Gasteiger partial charge in [0, 0.05) is 0 Å².